The summed E-state index contributed by atoms with van der Waals surface area (Å²) >= 11 is 0. The van der Waals surface area contributed by atoms with E-state index in [2.05, 4.69) is 15.0 Å². The summed E-state index contributed by atoms with van der Waals surface area (Å²) in [7, 11) is 2.90. The third kappa shape index (κ3) is 2.77. The average molecular weight is 228 g/mol. The Morgan fingerprint density at radius 1 is 1.50 bits per heavy atom. The number of nitrogens with two attached hydrogens (primary N) is 1. The first-order chi connectivity index (χ1) is 7.74. The van der Waals surface area contributed by atoms with E-state index >= 15 is 0 Å². The summed E-state index contributed by atoms with van der Waals surface area (Å²) in [4.78, 5) is 11.4. The number of carbonyl (C=O) groups is 1. The third-order valence-electron chi connectivity index (χ3n) is 2.10. The van der Waals surface area contributed by atoms with Crippen LogP contribution >= 0.6 is 0 Å². The molecule has 0 amide bonds. The van der Waals surface area contributed by atoms with Gasteiger partial charge in [-0.2, -0.15) is 0 Å². The maximum Gasteiger partial charge on any atom is 0.360 e. The van der Waals surface area contributed by atoms with Gasteiger partial charge in [-0.15, -0.1) is 5.10 Å². The minimum Gasteiger partial charge on any atom is -0.464 e. The first-order valence-electron chi connectivity index (χ1n) is 4.94. The maximum atomic E-state index is 11.4. The molecule has 1 heterocycles. The fourth-order valence-electron chi connectivity index (χ4n) is 1.34. The molecule has 0 bridgehead atoms. The lowest BCUT2D eigenvalue weighted by Crippen LogP contribution is -2.16. The van der Waals surface area contributed by atoms with E-state index in [1.54, 1.807) is 11.8 Å². The van der Waals surface area contributed by atoms with Crippen molar-refractivity contribution in [3.63, 3.8) is 0 Å². The van der Waals surface area contributed by atoms with Gasteiger partial charge in [-0.3, -0.25) is 0 Å². The molecule has 0 aromatic carbocycles. The van der Waals surface area contributed by atoms with Crippen molar-refractivity contribution in [2.24, 2.45) is 5.73 Å². The predicted molar refractivity (Wildman–Crippen MR) is 56.0 cm³/mol. The molecule has 0 saturated carbocycles. The van der Waals surface area contributed by atoms with Crippen LogP contribution in [0.1, 0.15) is 16.2 Å². The van der Waals surface area contributed by atoms with Gasteiger partial charge >= 0.3 is 5.97 Å². The van der Waals surface area contributed by atoms with Crippen molar-refractivity contribution >= 4 is 5.97 Å². The number of ether oxygens (including phenoxy) is 2. The summed E-state index contributed by atoms with van der Waals surface area (Å²) in [5.41, 5.74) is 6.36. The van der Waals surface area contributed by atoms with Crippen LogP contribution in [-0.2, 0) is 22.4 Å². The number of rotatable bonds is 6. The molecular weight excluding hydrogens is 212 g/mol. The van der Waals surface area contributed by atoms with Crippen LogP contribution in [0.3, 0.4) is 0 Å². The van der Waals surface area contributed by atoms with Crippen LogP contribution in [0, 0.1) is 0 Å². The van der Waals surface area contributed by atoms with Crippen LogP contribution in [-0.4, -0.2) is 48.3 Å². The molecule has 90 valence electrons. The summed E-state index contributed by atoms with van der Waals surface area (Å²) < 4.78 is 11.2. The second-order valence-corrected chi connectivity index (χ2v) is 3.13. The van der Waals surface area contributed by atoms with E-state index in [1.165, 1.54) is 7.11 Å². The van der Waals surface area contributed by atoms with Gasteiger partial charge in [0.15, 0.2) is 5.69 Å². The number of hydrogen-bond acceptors (Lipinski definition) is 6. The number of methoxy groups -OCH3 is 2. The first kappa shape index (κ1) is 12.6. The molecule has 0 radical (unpaired) electrons. The Kier molecular flexibility index (Phi) is 4.87. The van der Waals surface area contributed by atoms with E-state index in [-0.39, 0.29) is 5.69 Å². The normalized spacial score (nSPS) is 10.4. The van der Waals surface area contributed by atoms with Gasteiger partial charge in [0.05, 0.1) is 26.0 Å². The number of nitrogens with zero attached hydrogens (tertiary/aromatic N) is 3. The second-order valence-electron chi connectivity index (χ2n) is 3.13. The zero-order valence-electron chi connectivity index (χ0n) is 9.47. The topological polar surface area (TPSA) is 92.3 Å². The molecule has 2 N–H and O–H groups in total. The standard InChI is InChI=1S/C9H16N4O3/c1-15-6-3-7-8(9(14)16-2)11-12-13(7)5-4-10/h3-6,10H2,1-2H3. The zero-order chi connectivity index (χ0) is 12.0. The summed E-state index contributed by atoms with van der Waals surface area (Å²) in [6, 6.07) is 0. The quantitative estimate of drug-likeness (QED) is 0.642. The monoisotopic (exact) mass is 228 g/mol. The fraction of sp³-hybridized carbons (Fsp3) is 0.667. The van der Waals surface area contributed by atoms with Crippen molar-refractivity contribution in [2.45, 2.75) is 13.0 Å². The molecule has 1 aromatic rings. The van der Waals surface area contributed by atoms with Crippen LogP contribution in [0.25, 0.3) is 0 Å². The molecule has 0 fully saturated rings. The number of carbonyl (C=O) groups excluding carboxylic acids is 1. The smallest absolute Gasteiger partial charge is 0.360 e. The van der Waals surface area contributed by atoms with Gasteiger partial charge in [-0.1, -0.05) is 5.21 Å². The lowest BCUT2D eigenvalue weighted by atomic mass is 10.2. The van der Waals surface area contributed by atoms with Gasteiger partial charge in [0.1, 0.15) is 0 Å². The second kappa shape index (κ2) is 6.19. The van der Waals surface area contributed by atoms with Crippen LogP contribution in [0.4, 0.5) is 0 Å². The third-order valence-corrected chi connectivity index (χ3v) is 2.10. The predicted octanol–water partition coefficient (Wildman–Crippen LogP) is -0.788. The summed E-state index contributed by atoms with van der Waals surface area (Å²) in [5, 5.41) is 7.64. The lowest BCUT2D eigenvalue weighted by molar-refractivity contribution is 0.0592. The fourth-order valence-corrected chi connectivity index (χ4v) is 1.34. The van der Waals surface area contributed by atoms with Gasteiger partial charge in [0.2, 0.25) is 0 Å². The highest BCUT2D eigenvalue weighted by atomic mass is 16.5. The molecule has 1 rings (SSSR count). The molecule has 7 heteroatoms. The van der Waals surface area contributed by atoms with Gasteiger partial charge in [-0.25, -0.2) is 9.48 Å². The highest BCUT2D eigenvalue weighted by molar-refractivity contribution is 5.88. The Morgan fingerprint density at radius 3 is 2.81 bits per heavy atom. The van der Waals surface area contributed by atoms with Gasteiger partial charge < -0.3 is 15.2 Å². The van der Waals surface area contributed by atoms with E-state index in [4.69, 9.17) is 10.5 Å². The number of aromatic nitrogens is 3. The Labute approximate surface area is 93.5 Å². The van der Waals surface area contributed by atoms with Gasteiger partial charge in [0.25, 0.3) is 0 Å². The molecule has 0 aliphatic carbocycles. The first-order valence-corrected chi connectivity index (χ1v) is 4.94. The Morgan fingerprint density at radius 2 is 2.25 bits per heavy atom. The van der Waals surface area contributed by atoms with E-state index < -0.39 is 5.97 Å². The van der Waals surface area contributed by atoms with Crippen molar-refractivity contribution < 1.29 is 14.3 Å². The van der Waals surface area contributed by atoms with Crippen molar-refractivity contribution in [3.8, 4) is 0 Å². The van der Waals surface area contributed by atoms with E-state index in [9.17, 15) is 4.79 Å². The van der Waals surface area contributed by atoms with E-state index in [0.717, 1.165) is 0 Å². The molecule has 0 aliphatic rings. The van der Waals surface area contributed by atoms with Gasteiger partial charge in [0, 0.05) is 20.1 Å². The van der Waals surface area contributed by atoms with Crippen molar-refractivity contribution in [1.29, 1.82) is 0 Å². The molecule has 7 nitrogen and oxygen atoms in total. The summed E-state index contributed by atoms with van der Waals surface area (Å²) in [6.07, 6.45) is 0.550. The summed E-state index contributed by atoms with van der Waals surface area (Å²) in [5.74, 6) is -0.491. The van der Waals surface area contributed by atoms with Crippen LogP contribution in [0.2, 0.25) is 0 Å². The van der Waals surface area contributed by atoms with Crippen LogP contribution in [0.5, 0.6) is 0 Å². The molecule has 16 heavy (non-hydrogen) atoms. The Hall–Kier alpha value is -1.47. The largest absolute Gasteiger partial charge is 0.464 e. The SMILES string of the molecule is COCCc1c(C(=O)OC)nnn1CCN. The Bertz CT molecular complexity index is 351. The number of hydrogen-bond donors (Lipinski definition) is 1. The highest BCUT2D eigenvalue weighted by Gasteiger charge is 2.19. The highest BCUT2D eigenvalue weighted by Crippen LogP contribution is 2.08. The number of esters is 1. The van der Waals surface area contributed by atoms with Crippen molar-refractivity contribution in [2.75, 3.05) is 27.4 Å². The van der Waals surface area contributed by atoms with Crippen LogP contribution in [0.15, 0.2) is 0 Å². The molecule has 0 spiro atoms. The molecule has 0 unspecified atom stereocenters. The Balaban J connectivity index is 2.93. The van der Waals surface area contributed by atoms with Crippen molar-refractivity contribution in [3.05, 3.63) is 11.4 Å². The zero-order valence-corrected chi connectivity index (χ0v) is 9.47. The minimum atomic E-state index is -0.491. The molecule has 0 saturated heterocycles. The van der Waals surface area contributed by atoms with E-state index in [1.807, 2.05) is 0 Å². The molecular formula is C9H16N4O3. The average Bonchev–Trinajstić information content (AvgIpc) is 2.69. The lowest BCUT2D eigenvalue weighted by Gasteiger charge is -2.05. The minimum absolute atomic E-state index is 0.230. The molecule has 0 atom stereocenters. The van der Waals surface area contributed by atoms with Crippen LogP contribution < -0.4 is 5.73 Å². The molecule has 0 aliphatic heterocycles. The van der Waals surface area contributed by atoms with E-state index in [0.29, 0.717) is 31.8 Å². The van der Waals surface area contributed by atoms with Crippen molar-refractivity contribution in [1.82, 2.24) is 15.0 Å². The van der Waals surface area contributed by atoms with Gasteiger partial charge in [-0.05, 0) is 0 Å². The summed E-state index contributed by atoms with van der Waals surface area (Å²) in [6.45, 7) is 1.44. The molecule has 1 aromatic heterocycles. The maximum absolute atomic E-state index is 11.4.